The smallest absolute Gasteiger partial charge is 0.148 e. The van der Waals surface area contributed by atoms with E-state index in [0.717, 1.165) is 11.3 Å². The predicted molar refractivity (Wildman–Crippen MR) is 70.3 cm³/mol. The highest BCUT2D eigenvalue weighted by Gasteiger charge is 2.04. The number of anilines is 3. The lowest BCUT2D eigenvalue weighted by Crippen LogP contribution is -1.95. The van der Waals surface area contributed by atoms with E-state index in [1.165, 1.54) is 6.07 Å². The summed E-state index contributed by atoms with van der Waals surface area (Å²) in [4.78, 5) is 0. The van der Waals surface area contributed by atoms with E-state index in [4.69, 9.17) is 17.3 Å². The maximum absolute atomic E-state index is 13.5. The van der Waals surface area contributed by atoms with Crippen LogP contribution in [0.3, 0.4) is 0 Å². The molecule has 0 aliphatic rings. The highest BCUT2D eigenvalue weighted by molar-refractivity contribution is 6.31. The van der Waals surface area contributed by atoms with Crippen LogP contribution in [0.1, 0.15) is 5.56 Å². The molecule has 0 aromatic heterocycles. The molecule has 0 aliphatic carbocycles. The van der Waals surface area contributed by atoms with Crippen LogP contribution in [0.2, 0.25) is 5.02 Å². The molecule has 0 amide bonds. The number of benzene rings is 2. The highest BCUT2D eigenvalue weighted by Crippen LogP contribution is 2.25. The van der Waals surface area contributed by atoms with Gasteiger partial charge in [-0.1, -0.05) is 17.7 Å². The van der Waals surface area contributed by atoms with Gasteiger partial charge < -0.3 is 11.1 Å². The minimum Gasteiger partial charge on any atom is -0.399 e. The molecule has 2 rings (SSSR count). The van der Waals surface area contributed by atoms with Crippen LogP contribution in [0, 0.1) is 12.7 Å². The Morgan fingerprint density at radius 3 is 2.59 bits per heavy atom. The molecule has 0 heterocycles. The van der Waals surface area contributed by atoms with Crippen LogP contribution >= 0.6 is 11.6 Å². The molecular formula is C13H12ClFN2. The molecule has 0 spiro atoms. The average molecular weight is 251 g/mol. The van der Waals surface area contributed by atoms with Gasteiger partial charge in [-0.25, -0.2) is 4.39 Å². The Labute approximate surface area is 104 Å². The van der Waals surface area contributed by atoms with Crippen molar-refractivity contribution >= 4 is 28.7 Å². The third kappa shape index (κ3) is 2.68. The third-order valence-electron chi connectivity index (χ3n) is 2.44. The first-order chi connectivity index (χ1) is 8.06. The second-order valence-electron chi connectivity index (χ2n) is 3.83. The number of hydrogen-bond acceptors (Lipinski definition) is 2. The van der Waals surface area contributed by atoms with Crippen molar-refractivity contribution in [3.63, 3.8) is 0 Å². The van der Waals surface area contributed by atoms with Crippen LogP contribution in [0.25, 0.3) is 0 Å². The largest absolute Gasteiger partial charge is 0.399 e. The lowest BCUT2D eigenvalue weighted by atomic mass is 10.2. The van der Waals surface area contributed by atoms with E-state index in [2.05, 4.69) is 5.32 Å². The SMILES string of the molecule is Cc1ccc(Nc2ccc(N)cc2F)cc1Cl. The maximum atomic E-state index is 13.5. The fraction of sp³-hybridized carbons (Fsp3) is 0.0769. The standard InChI is InChI=1S/C13H12ClFN2/c1-8-2-4-10(7-11(8)14)17-13-5-3-9(16)6-12(13)15/h2-7,17H,16H2,1H3. The van der Waals surface area contributed by atoms with Gasteiger partial charge in [-0.05, 0) is 42.8 Å². The molecule has 4 heteroatoms. The summed E-state index contributed by atoms with van der Waals surface area (Å²) in [7, 11) is 0. The second-order valence-corrected chi connectivity index (χ2v) is 4.24. The molecule has 88 valence electrons. The average Bonchev–Trinajstić information content (AvgIpc) is 2.27. The molecule has 0 unspecified atom stereocenters. The summed E-state index contributed by atoms with van der Waals surface area (Å²) in [6.45, 7) is 1.91. The first kappa shape index (κ1) is 11.7. The van der Waals surface area contributed by atoms with Gasteiger partial charge in [0.2, 0.25) is 0 Å². The van der Waals surface area contributed by atoms with E-state index < -0.39 is 0 Å². The van der Waals surface area contributed by atoms with Crippen LogP contribution in [0.5, 0.6) is 0 Å². The van der Waals surface area contributed by atoms with Gasteiger partial charge in [0.25, 0.3) is 0 Å². The summed E-state index contributed by atoms with van der Waals surface area (Å²) < 4.78 is 13.5. The molecule has 17 heavy (non-hydrogen) atoms. The zero-order valence-corrected chi connectivity index (χ0v) is 10.1. The predicted octanol–water partition coefficient (Wildman–Crippen LogP) is 4.11. The monoisotopic (exact) mass is 250 g/mol. The van der Waals surface area contributed by atoms with Crippen molar-refractivity contribution in [3.05, 3.63) is 52.8 Å². The minimum absolute atomic E-state index is 0.374. The van der Waals surface area contributed by atoms with Crippen molar-refractivity contribution in [1.29, 1.82) is 0 Å². The van der Waals surface area contributed by atoms with E-state index in [1.807, 2.05) is 19.1 Å². The van der Waals surface area contributed by atoms with E-state index >= 15 is 0 Å². The van der Waals surface area contributed by atoms with Gasteiger partial charge >= 0.3 is 0 Å². The molecule has 2 aromatic carbocycles. The van der Waals surface area contributed by atoms with Crippen molar-refractivity contribution in [1.82, 2.24) is 0 Å². The molecule has 0 fully saturated rings. The van der Waals surface area contributed by atoms with Crippen LogP contribution in [-0.4, -0.2) is 0 Å². The number of aryl methyl sites for hydroxylation is 1. The minimum atomic E-state index is -0.387. The first-order valence-corrected chi connectivity index (χ1v) is 5.52. The molecule has 0 radical (unpaired) electrons. The summed E-state index contributed by atoms with van der Waals surface area (Å²) in [5.74, 6) is -0.387. The van der Waals surface area contributed by atoms with Gasteiger partial charge in [0.05, 0.1) is 5.69 Å². The summed E-state index contributed by atoms with van der Waals surface area (Å²) in [6, 6.07) is 9.99. The van der Waals surface area contributed by atoms with Crippen molar-refractivity contribution in [3.8, 4) is 0 Å². The quantitative estimate of drug-likeness (QED) is 0.787. The van der Waals surface area contributed by atoms with Gasteiger partial charge in [0.1, 0.15) is 5.82 Å². The molecule has 2 aromatic rings. The molecule has 3 N–H and O–H groups in total. The topological polar surface area (TPSA) is 38.0 Å². The summed E-state index contributed by atoms with van der Waals surface area (Å²) in [5.41, 5.74) is 7.97. The van der Waals surface area contributed by atoms with Crippen LogP contribution in [0.15, 0.2) is 36.4 Å². The Hall–Kier alpha value is -1.74. The number of nitrogens with one attached hydrogen (secondary N) is 1. The van der Waals surface area contributed by atoms with Crippen molar-refractivity contribution in [2.24, 2.45) is 0 Å². The van der Waals surface area contributed by atoms with Gasteiger partial charge in [0.15, 0.2) is 0 Å². The first-order valence-electron chi connectivity index (χ1n) is 5.14. The van der Waals surface area contributed by atoms with Crippen LogP contribution in [0.4, 0.5) is 21.5 Å². The Balaban J connectivity index is 2.28. The summed E-state index contributed by atoms with van der Waals surface area (Å²) >= 11 is 5.99. The Morgan fingerprint density at radius 2 is 1.94 bits per heavy atom. The van der Waals surface area contributed by atoms with E-state index in [1.54, 1.807) is 18.2 Å². The zero-order valence-electron chi connectivity index (χ0n) is 9.30. The van der Waals surface area contributed by atoms with Gasteiger partial charge in [0, 0.05) is 16.4 Å². The molecule has 0 saturated carbocycles. The van der Waals surface area contributed by atoms with Crippen molar-refractivity contribution in [2.45, 2.75) is 6.92 Å². The molecular weight excluding hydrogens is 239 g/mol. The Morgan fingerprint density at radius 1 is 1.18 bits per heavy atom. The van der Waals surface area contributed by atoms with Crippen molar-refractivity contribution < 1.29 is 4.39 Å². The number of rotatable bonds is 2. The van der Waals surface area contributed by atoms with Crippen LogP contribution in [-0.2, 0) is 0 Å². The lowest BCUT2D eigenvalue weighted by molar-refractivity contribution is 0.632. The normalized spacial score (nSPS) is 10.3. The molecule has 0 bridgehead atoms. The summed E-state index contributed by atoms with van der Waals surface area (Å²) in [6.07, 6.45) is 0. The number of nitrogen functional groups attached to an aromatic ring is 1. The maximum Gasteiger partial charge on any atom is 0.148 e. The number of halogens is 2. The second kappa shape index (κ2) is 4.63. The fourth-order valence-corrected chi connectivity index (χ4v) is 1.64. The molecule has 0 aliphatic heterocycles. The highest BCUT2D eigenvalue weighted by atomic mass is 35.5. The van der Waals surface area contributed by atoms with E-state index in [-0.39, 0.29) is 5.82 Å². The Bertz CT molecular complexity index is 555. The van der Waals surface area contributed by atoms with Gasteiger partial charge in [-0.15, -0.1) is 0 Å². The van der Waals surface area contributed by atoms with E-state index in [9.17, 15) is 4.39 Å². The zero-order chi connectivity index (χ0) is 12.4. The summed E-state index contributed by atoms with van der Waals surface area (Å²) in [5, 5.41) is 3.60. The number of nitrogens with two attached hydrogens (primary N) is 1. The van der Waals surface area contributed by atoms with E-state index in [0.29, 0.717) is 16.4 Å². The fourth-order valence-electron chi connectivity index (χ4n) is 1.46. The molecule has 0 saturated heterocycles. The molecule has 0 atom stereocenters. The lowest BCUT2D eigenvalue weighted by Gasteiger charge is -2.09. The van der Waals surface area contributed by atoms with Crippen molar-refractivity contribution in [2.75, 3.05) is 11.1 Å². The third-order valence-corrected chi connectivity index (χ3v) is 2.85. The van der Waals surface area contributed by atoms with Gasteiger partial charge in [-0.3, -0.25) is 0 Å². The molecule has 2 nitrogen and oxygen atoms in total. The van der Waals surface area contributed by atoms with Crippen LogP contribution < -0.4 is 11.1 Å². The number of hydrogen-bond donors (Lipinski definition) is 2. The Kier molecular flexibility index (Phi) is 3.20. The van der Waals surface area contributed by atoms with Gasteiger partial charge in [-0.2, -0.15) is 0 Å².